The second-order valence-electron chi connectivity index (χ2n) is 13.3. The van der Waals surface area contributed by atoms with Crippen LogP contribution in [-0.2, 0) is 0 Å². The van der Waals surface area contributed by atoms with E-state index in [0.29, 0.717) is 15.6 Å². The molecule has 1 unspecified atom stereocenters. The van der Waals surface area contributed by atoms with Gasteiger partial charge in [0.15, 0.2) is 0 Å². The van der Waals surface area contributed by atoms with Crippen molar-refractivity contribution in [3.05, 3.63) is 11.6 Å². The zero-order valence-electron chi connectivity index (χ0n) is 21.1. The summed E-state index contributed by atoms with van der Waals surface area (Å²) in [6.45, 7) is 12.9. The van der Waals surface area contributed by atoms with Crippen LogP contribution in [0.1, 0.15) is 112 Å². The summed E-state index contributed by atoms with van der Waals surface area (Å²) < 4.78 is 0.513. The zero-order chi connectivity index (χ0) is 21.9. The van der Waals surface area contributed by atoms with E-state index >= 15 is 0 Å². The van der Waals surface area contributed by atoms with Crippen molar-refractivity contribution < 1.29 is 0 Å². The lowest BCUT2D eigenvalue weighted by molar-refractivity contribution is -0.0600. The predicted molar refractivity (Wildman–Crippen MR) is 140 cm³/mol. The maximum absolute atomic E-state index is 2.83. The molecule has 0 bridgehead atoms. The van der Waals surface area contributed by atoms with E-state index in [9.17, 15) is 0 Å². The van der Waals surface area contributed by atoms with Crippen LogP contribution in [0, 0.1) is 46.3 Å². The second kappa shape index (κ2) is 8.58. The molecule has 1 aliphatic heterocycles. The lowest BCUT2D eigenvalue weighted by atomic mass is 9.46. The average Bonchev–Trinajstić information content (AvgIpc) is 3.32. The number of allylic oxidation sites excluding steroid dienone is 1. The van der Waals surface area contributed by atoms with E-state index in [0.717, 1.165) is 35.5 Å². The summed E-state index contributed by atoms with van der Waals surface area (Å²) in [4.78, 5) is 0. The highest BCUT2D eigenvalue weighted by atomic mass is 33.1. The van der Waals surface area contributed by atoms with Crippen molar-refractivity contribution in [3.63, 3.8) is 0 Å². The molecule has 0 N–H and O–H groups in total. The third kappa shape index (κ3) is 3.90. The molecule has 1 spiro atoms. The Morgan fingerprint density at radius 2 is 1.77 bits per heavy atom. The highest BCUT2D eigenvalue weighted by Gasteiger charge is 2.60. The molecule has 1 saturated heterocycles. The maximum Gasteiger partial charge on any atom is 0.0453 e. The van der Waals surface area contributed by atoms with Gasteiger partial charge in [-0.15, -0.1) is 0 Å². The van der Waals surface area contributed by atoms with Crippen molar-refractivity contribution >= 4 is 21.6 Å². The fourth-order valence-electron chi connectivity index (χ4n) is 9.47. The monoisotopic (exact) mass is 460 g/mol. The van der Waals surface area contributed by atoms with Gasteiger partial charge in [-0.25, -0.2) is 0 Å². The van der Waals surface area contributed by atoms with Crippen LogP contribution in [0.5, 0.6) is 0 Å². The quantitative estimate of drug-likeness (QED) is 0.296. The highest BCUT2D eigenvalue weighted by Crippen LogP contribution is 2.69. The van der Waals surface area contributed by atoms with Crippen LogP contribution in [0.25, 0.3) is 0 Å². The first kappa shape index (κ1) is 23.2. The first-order valence-electron chi connectivity index (χ1n) is 13.8. The first-order chi connectivity index (χ1) is 14.8. The molecule has 0 amide bonds. The summed E-state index contributed by atoms with van der Waals surface area (Å²) in [6, 6.07) is 0. The summed E-state index contributed by atoms with van der Waals surface area (Å²) in [6.07, 6.45) is 20.6. The molecule has 0 aromatic rings. The van der Waals surface area contributed by atoms with Gasteiger partial charge in [0.25, 0.3) is 0 Å². The number of fused-ring (bicyclic) bond motifs is 5. The largest absolute Gasteiger partial charge is 0.0932 e. The van der Waals surface area contributed by atoms with Gasteiger partial charge in [0.2, 0.25) is 0 Å². The third-order valence-corrected chi connectivity index (χ3v) is 14.5. The van der Waals surface area contributed by atoms with Crippen LogP contribution < -0.4 is 0 Å². The molecule has 4 fully saturated rings. The first-order valence-corrected chi connectivity index (χ1v) is 16.1. The summed E-state index contributed by atoms with van der Waals surface area (Å²) in [5.74, 6) is 7.20. The second-order valence-corrected chi connectivity index (χ2v) is 16.1. The molecule has 1 heterocycles. The molecule has 0 radical (unpaired) electrons. The van der Waals surface area contributed by atoms with Gasteiger partial charge in [0.1, 0.15) is 0 Å². The summed E-state index contributed by atoms with van der Waals surface area (Å²) in [7, 11) is 4.35. The predicted octanol–water partition coefficient (Wildman–Crippen LogP) is 9.55. The summed E-state index contributed by atoms with van der Waals surface area (Å²) in [5.41, 5.74) is 3.07. The van der Waals surface area contributed by atoms with Gasteiger partial charge >= 0.3 is 0 Å². The summed E-state index contributed by atoms with van der Waals surface area (Å²) >= 11 is 0. The van der Waals surface area contributed by atoms with E-state index in [-0.39, 0.29) is 0 Å². The molecular weight excluding hydrogens is 412 g/mol. The normalized spacial score (nSPS) is 47.7. The van der Waals surface area contributed by atoms with Crippen LogP contribution in [0.4, 0.5) is 0 Å². The van der Waals surface area contributed by atoms with Crippen molar-refractivity contribution in [1.29, 1.82) is 0 Å². The van der Waals surface area contributed by atoms with Gasteiger partial charge in [-0.1, -0.05) is 87.1 Å². The topological polar surface area (TPSA) is 0 Å². The molecule has 0 aromatic heterocycles. The average molecular weight is 461 g/mol. The standard InChI is InChI=1S/C29H48S2/c1-20(2)7-6-8-21(3)24-11-12-25-23-10-9-22-19-29(17-18-30-31-29)16-15-27(22,4)26(23)13-14-28(24,25)5/h19-21,23-26H,6-18H2,1-5H3/t21-,23+,24-,25+,26+,27+,28-,29?/m1/s1. The van der Waals surface area contributed by atoms with Gasteiger partial charge in [0.05, 0.1) is 0 Å². The Morgan fingerprint density at radius 3 is 2.52 bits per heavy atom. The Balaban J connectivity index is 1.31. The van der Waals surface area contributed by atoms with Gasteiger partial charge in [-0.3, -0.25) is 0 Å². The molecule has 2 heteroatoms. The number of rotatable bonds is 5. The zero-order valence-corrected chi connectivity index (χ0v) is 22.7. The Bertz CT molecular complexity index is 689. The van der Waals surface area contributed by atoms with E-state index in [1.54, 1.807) is 6.42 Å². The van der Waals surface area contributed by atoms with E-state index in [1.165, 1.54) is 76.4 Å². The van der Waals surface area contributed by atoms with Crippen LogP contribution in [0.3, 0.4) is 0 Å². The molecule has 8 atom stereocenters. The van der Waals surface area contributed by atoms with E-state index in [1.807, 2.05) is 5.57 Å². The van der Waals surface area contributed by atoms with Crippen LogP contribution in [0.2, 0.25) is 0 Å². The van der Waals surface area contributed by atoms with E-state index in [2.05, 4.69) is 62.3 Å². The highest BCUT2D eigenvalue weighted by molar-refractivity contribution is 8.77. The molecule has 31 heavy (non-hydrogen) atoms. The lowest BCUT2D eigenvalue weighted by Gasteiger charge is -2.59. The number of hydrogen-bond acceptors (Lipinski definition) is 2. The molecule has 5 aliphatic rings. The smallest absolute Gasteiger partial charge is 0.0453 e. The minimum absolute atomic E-state index is 0.513. The molecule has 5 rings (SSSR count). The van der Waals surface area contributed by atoms with Crippen molar-refractivity contribution in [3.8, 4) is 0 Å². The molecule has 4 aliphatic carbocycles. The molecule has 0 aromatic carbocycles. The Morgan fingerprint density at radius 1 is 0.935 bits per heavy atom. The SMILES string of the molecule is CC(C)CCC[C@@H](C)[C@H]1CC[C@H]2[C@@H]3CCC4=CC5(CCSS5)CC[C@]4(C)[C@H]3CC[C@]12C. The Labute approximate surface area is 201 Å². The molecule has 176 valence electrons. The van der Waals surface area contributed by atoms with Crippen molar-refractivity contribution in [1.82, 2.24) is 0 Å². The maximum atomic E-state index is 2.83. The molecule has 3 saturated carbocycles. The lowest BCUT2D eigenvalue weighted by Crippen LogP contribution is -2.51. The molecular formula is C29H48S2. The van der Waals surface area contributed by atoms with Crippen LogP contribution in [-0.4, -0.2) is 10.5 Å². The minimum Gasteiger partial charge on any atom is -0.0932 e. The van der Waals surface area contributed by atoms with Gasteiger partial charge in [-0.05, 0) is 104 Å². The van der Waals surface area contributed by atoms with Crippen molar-refractivity contribution in [2.24, 2.45) is 46.3 Å². The van der Waals surface area contributed by atoms with Gasteiger partial charge in [-0.2, -0.15) is 0 Å². The van der Waals surface area contributed by atoms with E-state index in [4.69, 9.17) is 0 Å². The molecule has 0 nitrogen and oxygen atoms in total. The van der Waals surface area contributed by atoms with Gasteiger partial charge in [0, 0.05) is 10.5 Å². The fraction of sp³-hybridized carbons (Fsp3) is 0.931. The Hall–Kier alpha value is 0.440. The number of hydrogen-bond donors (Lipinski definition) is 0. The van der Waals surface area contributed by atoms with Crippen LogP contribution in [0.15, 0.2) is 11.6 Å². The van der Waals surface area contributed by atoms with Crippen LogP contribution >= 0.6 is 21.6 Å². The Kier molecular flexibility index (Phi) is 6.42. The summed E-state index contributed by atoms with van der Waals surface area (Å²) in [5, 5.41) is 0. The third-order valence-electron chi connectivity index (χ3n) is 11.3. The fourth-order valence-corrected chi connectivity index (χ4v) is 12.8. The van der Waals surface area contributed by atoms with Crippen molar-refractivity contribution in [2.45, 2.75) is 116 Å². The minimum atomic E-state index is 0.513. The van der Waals surface area contributed by atoms with E-state index < -0.39 is 0 Å². The van der Waals surface area contributed by atoms with Crippen molar-refractivity contribution in [2.75, 3.05) is 5.75 Å². The van der Waals surface area contributed by atoms with Gasteiger partial charge < -0.3 is 0 Å².